The summed E-state index contributed by atoms with van der Waals surface area (Å²) >= 11 is 0. The molecule has 0 aliphatic carbocycles. The average Bonchev–Trinajstić information content (AvgIpc) is 3.48. The fourth-order valence-corrected chi connectivity index (χ4v) is 4.72. The van der Waals surface area contributed by atoms with Gasteiger partial charge in [0, 0.05) is 38.4 Å². The van der Waals surface area contributed by atoms with Crippen molar-refractivity contribution in [1.29, 1.82) is 0 Å². The summed E-state index contributed by atoms with van der Waals surface area (Å²) in [7, 11) is 3.84. The first-order valence-corrected chi connectivity index (χ1v) is 11.5. The first-order valence-electron chi connectivity index (χ1n) is 11.5. The maximum absolute atomic E-state index is 13.3. The fourth-order valence-electron chi connectivity index (χ4n) is 4.72. The van der Waals surface area contributed by atoms with Crippen molar-refractivity contribution in [3.05, 3.63) is 60.4 Å². The lowest BCUT2D eigenvalue weighted by molar-refractivity contribution is -0.192. The van der Waals surface area contributed by atoms with Gasteiger partial charge in [-0.05, 0) is 36.4 Å². The van der Waals surface area contributed by atoms with Crippen molar-refractivity contribution in [2.24, 2.45) is 7.05 Å². The summed E-state index contributed by atoms with van der Waals surface area (Å²) in [4.78, 5) is 40.7. The summed E-state index contributed by atoms with van der Waals surface area (Å²) < 4.78 is 33.4. The van der Waals surface area contributed by atoms with E-state index in [1.807, 2.05) is 66.5 Å². The third-order valence-electron chi connectivity index (χ3n) is 6.80. The molecule has 1 unspecified atom stereocenters. The maximum Gasteiger partial charge on any atom is 0.490 e. The quantitative estimate of drug-likeness (QED) is 0.562. The average molecular weight is 518 g/mol. The molecule has 0 saturated carbocycles. The van der Waals surface area contributed by atoms with E-state index in [0.717, 1.165) is 22.9 Å². The number of carbonyl (C=O) groups is 3. The normalized spacial score (nSPS) is 20.3. The van der Waals surface area contributed by atoms with Gasteiger partial charge in [-0.3, -0.25) is 19.2 Å². The van der Waals surface area contributed by atoms with Gasteiger partial charge in [0.15, 0.2) is 0 Å². The highest BCUT2D eigenvalue weighted by atomic mass is 19.4. The minimum absolute atomic E-state index is 0.0517. The maximum atomic E-state index is 13.3. The number of likely N-dealkylation sites (tertiary alicyclic amines) is 1. The van der Waals surface area contributed by atoms with E-state index in [-0.39, 0.29) is 17.4 Å². The Morgan fingerprint density at radius 1 is 1.05 bits per heavy atom. The summed E-state index contributed by atoms with van der Waals surface area (Å²) in [6.07, 6.45) is -0.652. The number of likely N-dealkylation sites (N-methyl/N-ethyl adjacent to an activating group) is 1. The molecule has 1 spiro atoms. The molecule has 3 heterocycles. The van der Waals surface area contributed by atoms with Gasteiger partial charge in [-0.15, -0.1) is 0 Å². The van der Waals surface area contributed by atoms with E-state index in [1.165, 1.54) is 0 Å². The minimum Gasteiger partial charge on any atom is -0.475 e. The Bertz CT molecular complexity index is 1340. The highest BCUT2D eigenvalue weighted by Crippen LogP contribution is 2.34. The Morgan fingerprint density at radius 2 is 1.73 bits per heavy atom. The number of aliphatic carboxylic acids is 1. The van der Waals surface area contributed by atoms with Gasteiger partial charge in [0.05, 0.1) is 24.0 Å². The molecule has 2 aliphatic heterocycles. The monoisotopic (exact) mass is 517 g/mol. The molecule has 0 radical (unpaired) electrons. The molecular weight excluding hydrogens is 491 g/mol. The summed E-state index contributed by atoms with van der Waals surface area (Å²) in [5, 5.41) is 13.5. The summed E-state index contributed by atoms with van der Waals surface area (Å²) in [5.41, 5.74) is 1.29. The third-order valence-corrected chi connectivity index (χ3v) is 6.80. The molecule has 0 bridgehead atoms. The van der Waals surface area contributed by atoms with Crippen molar-refractivity contribution < 1.29 is 32.7 Å². The lowest BCUT2D eigenvalue weighted by atomic mass is 9.93. The predicted molar refractivity (Wildman–Crippen MR) is 129 cm³/mol. The first kappa shape index (κ1) is 26.1. The van der Waals surface area contributed by atoms with Gasteiger partial charge in [0.25, 0.3) is 5.91 Å². The van der Waals surface area contributed by atoms with Crippen LogP contribution in [0.15, 0.2) is 54.9 Å². The topological polar surface area (TPSA) is 99.0 Å². The van der Waals surface area contributed by atoms with Crippen molar-refractivity contribution >= 4 is 34.2 Å². The van der Waals surface area contributed by atoms with E-state index in [1.54, 1.807) is 10.9 Å². The van der Waals surface area contributed by atoms with Gasteiger partial charge in [-0.25, -0.2) is 4.79 Å². The van der Waals surface area contributed by atoms with Gasteiger partial charge >= 0.3 is 12.1 Å². The first-order chi connectivity index (χ1) is 17.4. The van der Waals surface area contributed by atoms with Crippen molar-refractivity contribution in [3.8, 4) is 0 Å². The number of aryl methyl sites for hydroxylation is 1. The van der Waals surface area contributed by atoms with E-state index in [9.17, 15) is 22.8 Å². The number of carbonyl (C=O) groups excluding carboxylic acids is 2. The van der Waals surface area contributed by atoms with Crippen LogP contribution >= 0.6 is 0 Å². The molecular formula is C25H26F3N5O4. The molecule has 9 nitrogen and oxygen atoms in total. The molecule has 2 aliphatic rings. The Hall–Kier alpha value is -3.93. The molecule has 1 aromatic heterocycles. The lowest BCUT2D eigenvalue weighted by Crippen LogP contribution is -2.64. The van der Waals surface area contributed by atoms with Crippen LogP contribution < -0.4 is 4.90 Å². The molecule has 5 rings (SSSR count). The molecule has 1 N–H and O–H groups in total. The van der Waals surface area contributed by atoms with E-state index in [0.29, 0.717) is 31.7 Å². The second kappa shape index (κ2) is 9.85. The molecule has 12 heteroatoms. The Kier molecular flexibility index (Phi) is 6.96. The molecule has 37 heavy (non-hydrogen) atoms. The zero-order valence-corrected chi connectivity index (χ0v) is 20.3. The van der Waals surface area contributed by atoms with Crippen LogP contribution in [0.25, 0.3) is 10.8 Å². The number of piperazine rings is 1. The number of benzene rings is 2. The standard InChI is InChI=1S/C23H25N5O2.C2HF3O2/c1-25-14-21(29)28(20-12-24-26(2)13-20)16-23(25)9-10-27(15-23)22(30)19-8-7-17-5-3-4-6-18(17)11-19;3-2(4,5)1(6)7/h3-8,11-13H,9-10,14-16H2,1-2H3;(H,6,7). The number of amides is 2. The van der Waals surface area contributed by atoms with Crippen LogP contribution in [0.4, 0.5) is 18.9 Å². The Morgan fingerprint density at radius 3 is 2.35 bits per heavy atom. The van der Waals surface area contributed by atoms with Crippen LogP contribution in [0.2, 0.25) is 0 Å². The van der Waals surface area contributed by atoms with E-state index >= 15 is 0 Å². The molecule has 1 atom stereocenters. The van der Waals surface area contributed by atoms with Gasteiger partial charge < -0.3 is 14.9 Å². The highest BCUT2D eigenvalue weighted by Gasteiger charge is 2.49. The van der Waals surface area contributed by atoms with Crippen LogP contribution in [0.5, 0.6) is 0 Å². The van der Waals surface area contributed by atoms with Crippen molar-refractivity contribution in [2.75, 3.05) is 38.1 Å². The summed E-state index contributed by atoms with van der Waals surface area (Å²) in [5.74, 6) is -2.64. The van der Waals surface area contributed by atoms with Crippen molar-refractivity contribution in [2.45, 2.75) is 18.1 Å². The lowest BCUT2D eigenvalue weighted by Gasteiger charge is -2.46. The SMILES string of the molecule is CN1CC(=O)N(c2cnn(C)c2)CC12CCN(C(=O)c1ccc3ccccc3c1)C2.O=C(O)C(F)(F)F. The van der Waals surface area contributed by atoms with E-state index in [4.69, 9.17) is 9.90 Å². The molecule has 3 aromatic rings. The zero-order chi connectivity index (χ0) is 27.0. The van der Waals surface area contributed by atoms with E-state index in [2.05, 4.69) is 16.1 Å². The van der Waals surface area contributed by atoms with Crippen molar-refractivity contribution in [1.82, 2.24) is 19.6 Å². The minimum atomic E-state index is -5.08. The van der Waals surface area contributed by atoms with Gasteiger partial charge in [0.1, 0.15) is 0 Å². The molecule has 2 amide bonds. The van der Waals surface area contributed by atoms with Crippen LogP contribution in [-0.2, 0) is 16.6 Å². The van der Waals surface area contributed by atoms with E-state index < -0.39 is 12.1 Å². The number of rotatable bonds is 2. The molecule has 2 saturated heterocycles. The largest absolute Gasteiger partial charge is 0.490 e. The fraction of sp³-hybridized carbons (Fsp3) is 0.360. The zero-order valence-electron chi connectivity index (χ0n) is 20.3. The number of fused-ring (bicyclic) bond motifs is 1. The molecule has 2 fully saturated rings. The number of carboxylic acids is 1. The van der Waals surface area contributed by atoms with Gasteiger partial charge in [0.2, 0.25) is 5.91 Å². The number of halogens is 3. The highest BCUT2D eigenvalue weighted by molar-refractivity contribution is 5.99. The van der Waals surface area contributed by atoms with Crippen LogP contribution in [0.3, 0.4) is 0 Å². The number of hydrogen-bond acceptors (Lipinski definition) is 5. The Labute approximate surface area is 210 Å². The third kappa shape index (κ3) is 5.43. The van der Waals surface area contributed by atoms with Gasteiger partial charge in [-0.2, -0.15) is 18.3 Å². The van der Waals surface area contributed by atoms with Crippen molar-refractivity contribution in [3.63, 3.8) is 0 Å². The molecule has 196 valence electrons. The predicted octanol–water partition coefficient (Wildman–Crippen LogP) is 2.77. The Balaban J connectivity index is 0.000000405. The number of aromatic nitrogens is 2. The van der Waals surface area contributed by atoms with Crippen LogP contribution in [0.1, 0.15) is 16.8 Å². The van der Waals surface area contributed by atoms with Gasteiger partial charge in [-0.1, -0.05) is 30.3 Å². The number of anilines is 1. The second-order valence-electron chi connectivity index (χ2n) is 9.27. The smallest absolute Gasteiger partial charge is 0.475 e. The molecule has 2 aromatic carbocycles. The second-order valence-corrected chi connectivity index (χ2v) is 9.27. The number of alkyl halides is 3. The summed E-state index contributed by atoms with van der Waals surface area (Å²) in [6.45, 7) is 2.20. The number of carboxylic acid groups (broad SMARTS) is 1. The number of nitrogens with zero attached hydrogens (tertiary/aromatic N) is 5. The van der Waals surface area contributed by atoms with Crippen LogP contribution in [-0.4, -0.2) is 87.4 Å². The van der Waals surface area contributed by atoms with Crippen LogP contribution in [0, 0.1) is 0 Å². The summed E-state index contributed by atoms with van der Waals surface area (Å²) in [6, 6.07) is 14.0. The number of hydrogen-bond donors (Lipinski definition) is 1.